The maximum absolute atomic E-state index is 14.1. The van der Waals surface area contributed by atoms with E-state index in [0.717, 1.165) is 16.5 Å². The number of benzene rings is 1. The van der Waals surface area contributed by atoms with E-state index in [2.05, 4.69) is 5.32 Å². The van der Waals surface area contributed by atoms with Gasteiger partial charge in [-0.2, -0.15) is 0 Å². The van der Waals surface area contributed by atoms with Crippen molar-refractivity contribution >= 4 is 11.0 Å². The number of fused-ring (bicyclic) bond motifs is 1. The average Bonchev–Trinajstić information content (AvgIpc) is 2.59. The van der Waals surface area contributed by atoms with Gasteiger partial charge in [0.2, 0.25) is 0 Å². The Morgan fingerprint density at radius 3 is 2.80 bits per heavy atom. The van der Waals surface area contributed by atoms with Crippen molar-refractivity contribution in [2.45, 2.75) is 12.6 Å². The summed E-state index contributed by atoms with van der Waals surface area (Å²) in [5, 5.41) is 3.90. The van der Waals surface area contributed by atoms with E-state index < -0.39 is 5.67 Å². The second-order valence-corrected chi connectivity index (χ2v) is 4.17. The van der Waals surface area contributed by atoms with Gasteiger partial charge in [-0.3, -0.25) is 0 Å². The highest BCUT2D eigenvalue weighted by atomic mass is 19.1. The summed E-state index contributed by atoms with van der Waals surface area (Å²) in [6.07, 6.45) is 0. The summed E-state index contributed by atoms with van der Waals surface area (Å²) in [5.74, 6) is 0.450. The van der Waals surface area contributed by atoms with Crippen molar-refractivity contribution in [1.29, 1.82) is 0 Å². The number of nitrogens with one attached hydrogen (secondary N) is 1. The summed E-state index contributed by atoms with van der Waals surface area (Å²) in [6.45, 7) is 2.68. The fraction of sp³-hybridized carbons (Fsp3) is 0.333. The number of rotatable bonds is 1. The molecule has 0 atom stereocenters. The Labute approximate surface area is 87.1 Å². The molecule has 1 aliphatic rings. The second kappa shape index (κ2) is 2.83. The Morgan fingerprint density at radius 2 is 2.20 bits per heavy atom. The van der Waals surface area contributed by atoms with Gasteiger partial charge >= 0.3 is 0 Å². The molecule has 1 fully saturated rings. The summed E-state index contributed by atoms with van der Waals surface area (Å²) >= 11 is 0. The first-order valence-electron chi connectivity index (χ1n) is 5.08. The van der Waals surface area contributed by atoms with Crippen LogP contribution in [0.25, 0.3) is 11.0 Å². The van der Waals surface area contributed by atoms with E-state index in [-0.39, 0.29) is 0 Å². The maximum Gasteiger partial charge on any atom is 0.192 e. The van der Waals surface area contributed by atoms with Gasteiger partial charge in [0.05, 0.1) is 0 Å². The molecule has 0 aliphatic carbocycles. The SMILES string of the molecule is Cc1cccc2cc(C3(F)CNC3)oc12. The van der Waals surface area contributed by atoms with Crippen LogP contribution in [0.1, 0.15) is 11.3 Å². The van der Waals surface area contributed by atoms with Crippen LogP contribution < -0.4 is 5.32 Å². The van der Waals surface area contributed by atoms with Crippen molar-refractivity contribution in [1.82, 2.24) is 5.32 Å². The summed E-state index contributed by atoms with van der Waals surface area (Å²) in [7, 11) is 0. The van der Waals surface area contributed by atoms with Gasteiger partial charge in [0, 0.05) is 18.5 Å². The molecule has 1 aliphatic heterocycles. The van der Waals surface area contributed by atoms with Gasteiger partial charge in [0.25, 0.3) is 0 Å². The molecule has 0 saturated carbocycles. The minimum atomic E-state index is -1.30. The third kappa shape index (κ3) is 1.20. The number of furan rings is 1. The van der Waals surface area contributed by atoms with Crippen LogP contribution in [-0.2, 0) is 5.67 Å². The molecule has 0 amide bonds. The van der Waals surface area contributed by atoms with Crippen molar-refractivity contribution in [3.63, 3.8) is 0 Å². The molecule has 2 nitrogen and oxygen atoms in total. The lowest BCUT2D eigenvalue weighted by molar-refractivity contribution is 0.0647. The Bertz CT molecular complexity index is 513. The fourth-order valence-electron chi connectivity index (χ4n) is 1.95. The van der Waals surface area contributed by atoms with Gasteiger partial charge < -0.3 is 9.73 Å². The van der Waals surface area contributed by atoms with Crippen LogP contribution in [0.3, 0.4) is 0 Å². The first-order valence-corrected chi connectivity index (χ1v) is 5.08. The quantitative estimate of drug-likeness (QED) is 0.773. The van der Waals surface area contributed by atoms with Gasteiger partial charge in [-0.05, 0) is 18.6 Å². The topological polar surface area (TPSA) is 25.2 Å². The van der Waals surface area contributed by atoms with Crippen molar-refractivity contribution in [2.75, 3.05) is 13.1 Å². The van der Waals surface area contributed by atoms with Gasteiger partial charge in [-0.25, -0.2) is 4.39 Å². The molecule has 1 saturated heterocycles. The van der Waals surface area contributed by atoms with Crippen molar-refractivity contribution in [3.8, 4) is 0 Å². The molecule has 0 spiro atoms. The van der Waals surface area contributed by atoms with E-state index in [0.29, 0.717) is 18.8 Å². The predicted molar refractivity (Wildman–Crippen MR) is 56.6 cm³/mol. The van der Waals surface area contributed by atoms with Crippen LogP contribution in [0, 0.1) is 6.92 Å². The Balaban J connectivity index is 2.18. The zero-order valence-electron chi connectivity index (χ0n) is 8.51. The van der Waals surface area contributed by atoms with Gasteiger partial charge in [0.1, 0.15) is 11.3 Å². The summed E-state index contributed by atoms with van der Waals surface area (Å²) < 4.78 is 19.6. The summed E-state index contributed by atoms with van der Waals surface area (Å²) in [6, 6.07) is 7.69. The van der Waals surface area contributed by atoms with Crippen LogP contribution in [0.2, 0.25) is 0 Å². The van der Waals surface area contributed by atoms with Crippen LogP contribution in [0.5, 0.6) is 0 Å². The Kier molecular flexibility index (Phi) is 1.68. The lowest BCUT2D eigenvalue weighted by Crippen LogP contribution is -2.53. The number of aryl methyl sites for hydroxylation is 1. The third-order valence-corrected chi connectivity index (χ3v) is 2.99. The van der Waals surface area contributed by atoms with E-state index in [9.17, 15) is 4.39 Å². The van der Waals surface area contributed by atoms with Crippen molar-refractivity contribution in [3.05, 3.63) is 35.6 Å². The lowest BCUT2D eigenvalue weighted by atomic mass is 9.96. The average molecular weight is 205 g/mol. The highest BCUT2D eigenvalue weighted by Gasteiger charge is 2.42. The predicted octanol–water partition coefficient (Wildman–Crippen LogP) is 2.51. The molecule has 3 rings (SSSR count). The van der Waals surface area contributed by atoms with Crippen molar-refractivity contribution < 1.29 is 8.81 Å². The molecule has 0 unspecified atom stereocenters. The molecule has 78 valence electrons. The van der Waals surface area contributed by atoms with E-state index >= 15 is 0 Å². The lowest BCUT2D eigenvalue weighted by Gasteiger charge is -2.32. The number of hydrogen-bond acceptors (Lipinski definition) is 2. The smallest absolute Gasteiger partial charge is 0.192 e. The molecule has 0 radical (unpaired) electrons. The molecular formula is C12H12FNO. The third-order valence-electron chi connectivity index (χ3n) is 2.99. The molecule has 2 aromatic rings. The van der Waals surface area contributed by atoms with Gasteiger partial charge in [-0.15, -0.1) is 0 Å². The second-order valence-electron chi connectivity index (χ2n) is 4.17. The molecule has 0 bridgehead atoms. The minimum Gasteiger partial charge on any atom is -0.457 e. The molecular weight excluding hydrogens is 193 g/mol. The molecule has 2 heterocycles. The Hall–Kier alpha value is -1.35. The van der Waals surface area contributed by atoms with E-state index in [4.69, 9.17) is 4.42 Å². The number of hydrogen-bond donors (Lipinski definition) is 1. The zero-order chi connectivity index (χ0) is 10.5. The van der Waals surface area contributed by atoms with Crippen LogP contribution in [0.4, 0.5) is 4.39 Å². The zero-order valence-corrected chi connectivity index (χ0v) is 8.51. The van der Waals surface area contributed by atoms with E-state index in [1.165, 1.54) is 0 Å². The number of para-hydroxylation sites is 1. The first kappa shape index (κ1) is 8.92. The first-order chi connectivity index (χ1) is 7.19. The molecule has 1 aromatic carbocycles. The molecule has 1 aromatic heterocycles. The normalized spacial score (nSPS) is 19.1. The molecule has 15 heavy (non-hydrogen) atoms. The number of alkyl halides is 1. The van der Waals surface area contributed by atoms with Crippen LogP contribution in [-0.4, -0.2) is 13.1 Å². The van der Waals surface area contributed by atoms with Crippen LogP contribution >= 0.6 is 0 Å². The monoisotopic (exact) mass is 205 g/mol. The standard InChI is InChI=1S/C12H12FNO/c1-8-3-2-4-9-5-10(15-11(8)9)12(13)6-14-7-12/h2-5,14H,6-7H2,1H3. The highest BCUT2D eigenvalue weighted by molar-refractivity contribution is 5.81. The Morgan fingerprint density at radius 1 is 1.40 bits per heavy atom. The van der Waals surface area contributed by atoms with Crippen molar-refractivity contribution in [2.24, 2.45) is 0 Å². The minimum absolute atomic E-state index is 0.353. The van der Waals surface area contributed by atoms with E-state index in [1.807, 2.05) is 31.2 Å². The fourth-order valence-corrected chi connectivity index (χ4v) is 1.95. The highest BCUT2D eigenvalue weighted by Crippen LogP contribution is 2.34. The molecule has 1 N–H and O–H groups in total. The van der Waals surface area contributed by atoms with Crippen LogP contribution in [0.15, 0.2) is 28.7 Å². The largest absolute Gasteiger partial charge is 0.457 e. The molecule has 3 heteroatoms. The number of halogens is 1. The van der Waals surface area contributed by atoms with Gasteiger partial charge in [-0.1, -0.05) is 18.2 Å². The summed E-state index contributed by atoms with van der Waals surface area (Å²) in [4.78, 5) is 0. The van der Waals surface area contributed by atoms with Gasteiger partial charge in [0.15, 0.2) is 5.67 Å². The van der Waals surface area contributed by atoms with E-state index in [1.54, 1.807) is 0 Å². The summed E-state index contributed by atoms with van der Waals surface area (Å²) in [5.41, 5.74) is 0.553. The maximum atomic E-state index is 14.1.